The molecule has 2 atom stereocenters. The lowest BCUT2D eigenvalue weighted by atomic mass is 10.3. The quantitative estimate of drug-likeness (QED) is 0.398. The Labute approximate surface area is 50.2 Å². The van der Waals surface area contributed by atoms with Crippen LogP contribution < -0.4 is 16.6 Å². The number of nitrogens with one attached hydrogen (secondary N) is 1. The highest BCUT2D eigenvalue weighted by Crippen LogP contribution is 1.80. The molecule has 4 nitrogen and oxygen atoms in total. The first-order chi connectivity index (χ1) is 3.72. The topological polar surface area (TPSA) is 81.1 Å². The minimum absolute atomic E-state index is 0.235. The van der Waals surface area contributed by atoms with Crippen molar-refractivity contribution in [3.05, 3.63) is 0 Å². The fourth-order valence-electron chi connectivity index (χ4n) is 0.266. The lowest BCUT2D eigenvalue weighted by Gasteiger charge is -2.06. The van der Waals surface area contributed by atoms with Crippen molar-refractivity contribution >= 4 is 15.3 Å². The third-order valence-corrected chi connectivity index (χ3v) is 1.18. The van der Waals surface area contributed by atoms with Crippen molar-refractivity contribution in [1.29, 1.82) is 0 Å². The second-order valence-electron chi connectivity index (χ2n) is 1.36. The molecule has 5 N–H and O–H groups in total. The summed E-state index contributed by atoms with van der Waals surface area (Å²) in [7, 11) is 2.18. The van der Waals surface area contributed by atoms with Crippen LogP contribution in [0.4, 0.5) is 0 Å². The molecule has 0 saturated carbocycles. The Morgan fingerprint density at radius 3 is 2.38 bits per heavy atom. The van der Waals surface area contributed by atoms with Crippen molar-refractivity contribution in [3.8, 4) is 0 Å². The van der Waals surface area contributed by atoms with Crippen LogP contribution >= 0.6 is 9.39 Å². The number of hydrogen-bond donors (Lipinski definition) is 3. The Kier molecular flexibility index (Phi) is 3.69. The van der Waals surface area contributed by atoms with Gasteiger partial charge in [0, 0.05) is 6.54 Å². The smallest absolute Gasteiger partial charge is 0.236 e. The van der Waals surface area contributed by atoms with Crippen LogP contribution in [0, 0.1) is 0 Å². The van der Waals surface area contributed by atoms with E-state index >= 15 is 0 Å². The highest BCUT2D eigenvalue weighted by Gasteiger charge is 2.07. The fraction of sp³-hybridized carbons (Fsp3) is 0.667. The van der Waals surface area contributed by atoms with E-state index in [1.54, 1.807) is 0 Å². The minimum Gasteiger partial charge on any atom is -0.368 e. The summed E-state index contributed by atoms with van der Waals surface area (Å²) in [6, 6.07) is -0.417. The maximum atomic E-state index is 10.2. The van der Waals surface area contributed by atoms with Crippen LogP contribution in [0.15, 0.2) is 0 Å². The molecule has 0 bridgehead atoms. The Hall–Kier alpha value is -0.180. The zero-order valence-corrected chi connectivity index (χ0v) is 5.58. The van der Waals surface area contributed by atoms with Gasteiger partial charge in [0.05, 0.1) is 0 Å². The van der Waals surface area contributed by atoms with E-state index in [1.165, 1.54) is 0 Å². The van der Waals surface area contributed by atoms with Gasteiger partial charge in [-0.25, -0.2) is 0 Å². The maximum absolute atomic E-state index is 10.2. The average Bonchev–Trinajstić information content (AvgIpc) is 1.69. The molecule has 48 valence electrons. The van der Waals surface area contributed by atoms with Crippen LogP contribution in [-0.2, 0) is 4.79 Å². The van der Waals surface area contributed by atoms with Gasteiger partial charge in [-0.1, -0.05) is 9.39 Å². The van der Waals surface area contributed by atoms with Crippen LogP contribution in [0.1, 0.15) is 0 Å². The SMILES string of the molecule is NC[C@H](NP)C(N)=O. The van der Waals surface area contributed by atoms with Crippen molar-refractivity contribution in [1.82, 2.24) is 5.09 Å². The van der Waals surface area contributed by atoms with Crippen molar-refractivity contribution in [3.63, 3.8) is 0 Å². The molecule has 0 saturated heterocycles. The number of carbonyl (C=O) groups excluding carboxylic acids is 1. The summed E-state index contributed by atoms with van der Waals surface area (Å²) in [5.74, 6) is -0.428. The van der Waals surface area contributed by atoms with Crippen LogP contribution in [0.3, 0.4) is 0 Å². The molecule has 0 spiro atoms. The van der Waals surface area contributed by atoms with E-state index in [0.717, 1.165) is 0 Å². The highest BCUT2D eigenvalue weighted by molar-refractivity contribution is 7.13. The van der Waals surface area contributed by atoms with Gasteiger partial charge in [0.25, 0.3) is 0 Å². The van der Waals surface area contributed by atoms with Gasteiger partial charge in [-0.2, -0.15) is 0 Å². The molecule has 0 aliphatic heterocycles. The molecule has 0 rings (SSSR count). The molecule has 8 heavy (non-hydrogen) atoms. The van der Waals surface area contributed by atoms with Crippen LogP contribution in [-0.4, -0.2) is 18.5 Å². The van der Waals surface area contributed by atoms with Crippen molar-refractivity contribution in [2.24, 2.45) is 11.5 Å². The summed E-state index contributed by atoms with van der Waals surface area (Å²) in [6.45, 7) is 0.235. The van der Waals surface area contributed by atoms with E-state index in [2.05, 4.69) is 14.5 Å². The average molecular weight is 135 g/mol. The van der Waals surface area contributed by atoms with E-state index in [1.807, 2.05) is 0 Å². The van der Waals surface area contributed by atoms with Gasteiger partial charge in [-0.3, -0.25) is 9.88 Å². The number of nitrogens with two attached hydrogens (primary N) is 2. The Morgan fingerprint density at radius 1 is 1.88 bits per heavy atom. The van der Waals surface area contributed by atoms with Gasteiger partial charge < -0.3 is 11.5 Å². The Morgan fingerprint density at radius 2 is 2.38 bits per heavy atom. The third kappa shape index (κ3) is 2.21. The highest BCUT2D eigenvalue weighted by atomic mass is 31.0. The summed E-state index contributed by atoms with van der Waals surface area (Å²) < 4.78 is 0. The molecule has 0 aliphatic carbocycles. The molecule has 0 aromatic carbocycles. The number of carbonyl (C=O) groups is 1. The van der Waals surface area contributed by atoms with Gasteiger partial charge in [0.2, 0.25) is 5.91 Å². The molecule has 5 heteroatoms. The van der Waals surface area contributed by atoms with E-state index in [9.17, 15) is 4.79 Å². The largest absolute Gasteiger partial charge is 0.368 e. The summed E-state index contributed by atoms with van der Waals surface area (Å²) in [4.78, 5) is 10.2. The van der Waals surface area contributed by atoms with Crippen molar-refractivity contribution in [2.75, 3.05) is 6.54 Å². The van der Waals surface area contributed by atoms with Crippen molar-refractivity contribution < 1.29 is 4.79 Å². The zero-order chi connectivity index (χ0) is 6.57. The first-order valence-electron chi connectivity index (χ1n) is 2.18. The monoisotopic (exact) mass is 135 g/mol. The third-order valence-electron chi connectivity index (χ3n) is 0.780. The lowest BCUT2D eigenvalue weighted by Crippen LogP contribution is -2.42. The molecule has 1 amide bonds. The van der Waals surface area contributed by atoms with Crippen LogP contribution in [0.5, 0.6) is 0 Å². The van der Waals surface area contributed by atoms with Crippen LogP contribution in [0.2, 0.25) is 0 Å². The zero-order valence-electron chi connectivity index (χ0n) is 4.42. The Bertz CT molecular complexity index is 82.6. The molecular weight excluding hydrogens is 125 g/mol. The second-order valence-corrected chi connectivity index (χ2v) is 1.69. The Balaban J connectivity index is 3.52. The second kappa shape index (κ2) is 3.78. The van der Waals surface area contributed by atoms with Gasteiger partial charge in [-0.05, 0) is 0 Å². The van der Waals surface area contributed by atoms with E-state index in [4.69, 9.17) is 11.5 Å². The first-order valence-corrected chi connectivity index (χ1v) is 2.75. The predicted octanol–water partition coefficient (Wildman–Crippen LogP) is -1.82. The summed E-state index contributed by atoms with van der Waals surface area (Å²) >= 11 is 0. The number of hydrogen-bond acceptors (Lipinski definition) is 3. The summed E-state index contributed by atoms with van der Waals surface area (Å²) in [5, 5.41) is 2.57. The van der Waals surface area contributed by atoms with Gasteiger partial charge in [0.1, 0.15) is 6.04 Å². The first kappa shape index (κ1) is 7.82. The number of amides is 1. The standard InChI is InChI=1S/C3H10N3OP/c4-1-2(6-8)3(5)7/h2,6H,1,4,8H2,(H2,5,7)/t2-/m0/s1. The summed E-state index contributed by atoms with van der Waals surface area (Å²) in [6.07, 6.45) is 0. The van der Waals surface area contributed by atoms with E-state index in [-0.39, 0.29) is 6.54 Å². The van der Waals surface area contributed by atoms with E-state index in [0.29, 0.717) is 0 Å². The molecule has 0 heterocycles. The maximum Gasteiger partial charge on any atom is 0.236 e. The molecule has 0 aliphatic rings. The number of primary amides is 1. The minimum atomic E-state index is -0.428. The van der Waals surface area contributed by atoms with Gasteiger partial charge in [0.15, 0.2) is 0 Å². The lowest BCUT2D eigenvalue weighted by molar-refractivity contribution is -0.119. The number of rotatable bonds is 3. The predicted molar refractivity (Wildman–Crippen MR) is 34.9 cm³/mol. The van der Waals surface area contributed by atoms with E-state index < -0.39 is 11.9 Å². The van der Waals surface area contributed by atoms with Crippen molar-refractivity contribution in [2.45, 2.75) is 6.04 Å². The van der Waals surface area contributed by atoms with Gasteiger partial charge in [-0.15, -0.1) is 0 Å². The molecule has 0 radical (unpaired) electrons. The van der Waals surface area contributed by atoms with Gasteiger partial charge >= 0.3 is 0 Å². The normalized spacial score (nSPS) is 13.2. The molecule has 0 fully saturated rings. The van der Waals surface area contributed by atoms with Crippen LogP contribution in [0.25, 0.3) is 0 Å². The fourth-order valence-corrected chi connectivity index (χ4v) is 0.567. The molecule has 0 aromatic heterocycles. The summed E-state index contributed by atoms with van der Waals surface area (Å²) in [5.41, 5.74) is 9.97. The molecule has 0 aromatic rings. The molecule has 1 unspecified atom stereocenters. The molecular formula is C3H10N3OP.